The molecule has 28 heavy (non-hydrogen) atoms. The Labute approximate surface area is 161 Å². The second kappa shape index (κ2) is 7.77. The highest BCUT2D eigenvalue weighted by molar-refractivity contribution is 5.92. The van der Waals surface area contributed by atoms with E-state index in [0.29, 0.717) is 17.4 Å². The zero-order chi connectivity index (χ0) is 19.7. The highest BCUT2D eigenvalue weighted by atomic mass is 19.3. The van der Waals surface area contributed by atoms with E-state index in [1.54, 1.807) is 11.0 Å². The molecule has 1 amide bonds. The van der Waals surface area contributed by atoms with E-state index < -0.39 is 18.0 Å². The number of fused-ring (bicyclic) bond motifs is 1. The van der Waals surface area contributed by atoms with Gasteiger partial charge >= 0.3 is 0 Å². The van der Waals surface area contributed by atoms with Crippen molar-refractivity contribution >= 4 is 5.91 Å². The number of hydrogen-bond donors (Lipinski definition) is 0. The lowest BCUT2D eigenvalue weighted by molar-refractivity contribution is 0.0547. The quantitative estimate of drug-likeness (QED) is 0.746. The van der Waals surface area contributed by atoms with Crippen molar-refractivity contribution in [1.82, 2.24) is 9.88 Å². The number of nitrogens with zero attached hydrogens (tertiary/aromatic N) is 2. The third kappa shape index (κ3) is 3.68. The summed E-state index contributed by atoms with van der Waals surface area (Å²) in [6.45, 7) is 2.63. The van der Waals surface area contributed by atoms with E-state index in [1.165, 1.54) is 0 Å². The molecule has 1 saturated carbocycles. The second-order valence-electron chi connectivity index (χ2n) is 7.40. The van der Waals surface area contributed by atoms with Crippen molar-refractivity contribution in [1.29, 1.82) is 0 Å². The summed E-state index contributed by atoms with van der Waals surface area (Å²) in [6, 6.07) is 5.43. The van der Waals surface area contributed by atoms with E-state index in [-0.39, 0.29) is 25.1 Å². The van der Waals surface area contributed by atoms with Gasteiger partial charge in [0.15, 0.2) is 23.6 Å². The van der Waals surface area contributed by atoms with Gasteiger partial charge in [0, 0.05) is 12.6 Å². The molecule has 0 atom stereocenters. The lowest BCUT2D eigenvalue weighted by Gasteiger charge is -2.36. The molecule has 0 radical (unpaired) electrons. The molecule has 150 valence electrons. The number of amides is 1. The van der Waals surface area contributed by atoms with Crippen LogP contribution in [-0.4, -0.2) is 28.6 Å². The Morgan fingerprint density at radius 2 is 1.96 bits per heavy atom. The maximum absolute atomic E-state index is 13.2. The van der Waals surface area contributed by atoms with Crippen molar-refractivity contribution in [2.24, 2.45) is 5.92 Å². The number of alkyl halides is 2. The van der Waals surface area contributed by atoms with Crippen LogP contribution in [0.3, 0.4) is 0 Å². The molecule has 1 aliphatic carbocycles. The molecule has 0 saturated heterocycles. The molecule has 2 aliphatic rings. The SMILES string of the molecule is CC1CCC(N(Cc2ccc3c(c2)OCO3)C(=O)c2ocnc2C(F)F)CC1. The standard InChI is InChI=1S/C20H22F2N2O4/c1-12-2-5-14(6-3-12)24(20(25)18-17(19(21)22)23-10-26-18)9-13-4-7-15-16(8-13)28-11-27-15/h4,7-8,10,12,14,19H,2-3,5-6,9,11H2,1H3. The maximum Gasteiger partial charge on any atom is 0.292 e. The lowest BCUT2D eigenvalue weighted by atomic mass is 9.86. The van der Waals surface area contributed by atoms with Crippen LogP contribution in [0.4, 0.5) is 8.78 Å². The fraction of sp³-hybridized carbons (Fsp3) is 0.500. The van der Waals surface area contributed by atoms with Gasteiger partial charge in [-0.15, -0.1) is 0 Å². The van der Waals surface area contributed by atoms with Gasteiger partial charge in [0.2, 0.25) is 12.6 Å². The topological polar surface area (TPSA) is 64.8 Å². The zero-order valence-electron chi connectivity index (χ0n) is 15.6. The first-order valence-electron chi connectivity index (χ1n) is 9.44. The predicted molar refractivity (Wildman–Crippen MR) is 95.3 cm³/mol. The predicted octanol–water partition coefficient (Wildman–Crippen LogP) is 4.56. The van der Waals surface area contributed by atoms with Crippen molar-refractivity contribution in [3.8, 4) is 11.5 Å². The van der Waals surface area contributed by atoms with Crippen LogP contribution >= 0.6 is 0 Å². The normalized spacial score (nSPS) is 21.1. The number of halogens is 2. The summed E-state index contributed by atoms with van der Waals surface area (Å²) in [6.07, 6.45) is 1.68. The maximum atomic E-state index is 13.2. The van der Waals surface area contributed by atoms with Crippen LogP contribution < -0.4 is 9.47 Å². The fourth-order valence-electron chi connectivity index (χ4n) is 3.86. The van der Waals surface area contributed by atoms with Gasteiger partial charge in [0.05, 0.1) is 0 Å². The van der Waals surface area contributed by atoms with Crippen LogP contribution in [0.5, 0.6) is 11.5 Å². The first-order chi connectivity index (χ1) is 13.5. The van der Waals surface area contributed by atoms with Gasteiger partial charge in [-0.05, 0) is 49.3 Å². The highest BCUT2D eigenvalue weighted by Crippen LogP contribution is 2.35. The largest absolute Gasteiger partial charge is 0.454 e. The van der Waals surface area contributed by atoms with Crippen molar-refractivity contribution in [2.45, 2.75) is 51.6 Å². The summed E-state index contributed by atoms with van der Waals surface area (Å²) < 4.78 is 42.3. The zero-order valence-corrected chi connectivity index (χ0v) is 15.6. The summed E-state index contributed by atoms with van der Waals surface area (Å²) in [5.74, 6) is 0.943. The number of ether oxygens (including phenoxy) is 2. The summed E-state index contributed by atoms with van der Waals surface area (Å²) in [4.78, 5) is 18.3. The highest BCUT2D eigenvalue weighted by Gasteiger charge is 2.33. The smallest absolute Gasteiger partial charge is 0.292 e. The van der Waals surface area contributed by atoms with E-state index in [4.69, 9.17) is 13.9 Å². The van der Waals surface area contributed by atoms with E-state index in [9.17, 15) is 13.6 Å². The monoisotopic (exact) mass is 392 g/mol. The first-order valence-corrected chi connectivity index (χ1v) is 9.44. The molecule has 0 spiro atoms. The minimum Gasteiger partial charge on any atom is -0.454 e. The van der Waals surface area contributed by atoms with Gasteiger partial charge in [0.25, 0.3) is 12.3 Å². The molecule has 1 fully saturated rings. The Morgan fingerprint density at radius 3 is 2.71 bits per heavy atom. The van der Waals surface area contributed by atoms with E-state index in [0.717, 1.165) is 37.6 Å². The summed E-state index contributed by atoms with van der Waals surface area (Å²) >= 11 is 0. The molecule has 1 aromatic heterocycles. The molecule has 6 nitrogen and oxygen atoms in total. The summed E-state index contributed by atoms with van der Waals surface area (Å²) in [7, 11) is 0. The molecule has 0 N–H and O–H groups in total. The van der Waals surface area contributed by atoms with E-state index >= 15 is 0 Å². The molecule has 2 heterocycles. The second-order valence-corrected chi connectivity index (χ2v) is 7.40. The van der Waals surface area contributed by atoms with Gasteiger partial charge in [-0.2, -0.15) is 0 Å². The Kier molecular flexibility index (Phi) is 5.19. The van der Waals surface area contributed by atoms with Crippen molar-refractivity contribution in [3.63, 3.8) is 0 Å². The molecule has 0 bridgehead atoms. The van der Waals surface area contributed by atoms with Crippen LogP contribution in [0, 0.1) is 5.92 Å². The van der Waals surface area contributed by atoms with Crippen LogP contribution in [0.15, 0.2) is 29.0 Å². The molecule has 4 rings (SSSR count). The molecular weight excluding hydrogens is 370 g/mol. The van der Waals surface area contributed by atoms with Crippen molar-refractivity contribution in [3.05, 3.63) is 41.6 Å². The molecule has 1 aliphatic heterocycles. The van der Waals surface area contributed by atoms with E-state index in [1.807, 2.05) is 12.1 Å². The van der Waals surface area contributed by atoms with Crippen LogP contribution in [0.25, 0.3) is 0 Å². The van der Waals surface area contributed by atoms with Gasteiger partial charge < -0.3 is 18.8 Å². The number of carbonyl (C=O) groups excluding carboxylic acids is 1. The molecular formula is C20H22F2N2O4. The van der Waals surface area contributed by atoms with Crippen LogP contribution in [-0.2, 0) is 6.54 Å². The summed E-state index contributed by atoms with van der Waals surface area (Å²) in [5.41, 5.74) is 0.235. The van der Waals surface area contributed by atoms with Gasteiger partial charge in [-0.25, -0.2) is 13.8 Å². The third-order valence-corrected chi connectivity index (χ3v) is 5.47. The number of aromatic nitrogens is 1. The Morgan fingerprint density at radius 1 is 1.21 bits per heavy atom. The number of carbonyl (C=O) groups is 1. The minimum atomic E-state index is -2.86. The number of rotatable bonds is 5. The van der Waals surface area contributed by atoms with Crippen molar-refractivity contribution in [2.75, 3.05) is 6.79 Å². The van der Waals surface area contributed by atoms with Crippen LogP contribution in [0.1, 0.15) is 60.8 Å². The summed E-state index contributed by atoms with van der Waals surface area (Å²) in [5, 5.41) is 0. The lowest BCUT2D eigenvalue weighted by Crippen LogP contribution is -2.42. The molecule has 2 aromatic rings. The molecule has 8 heteroatoms. The Bertz CT molecular complexity index is 846. The van der Waals surface area contributed by atoms with Gasteiger partial charge in [0.1, 0.15) is 0 Å². The van der Waals surface area contributed by atoms with Crippen LogP contribution in [0.2, 0.25) is 0 Å². The average Bonchev–Trinajstić information content (AvgIpc) is 3.35. The first kappa shape index (κ1) is 18.7. The fourth-order valence-corrected chi connectivity index (χ4v) is 3.86. The number of oxazole rings is 1. The minimum absolute atomic E-state index is 0.0373. The number of hydrogen-bond acceptors (Lipinski definition) is 5. The van der Waals surface area contributed by atoms with Crippen molar-refractivity contribution < 1.29 is 27.5 Å². The average molecular weight is 392 g/mol. The Balaban J connectivity index is 1.62. The molecule has 1 aromatic carbocycles. The number of benzene rings is 1. The third-order valence-electron chi connectivity index (χ3n) is 5.47. The Hall–Kier alpha value is -2.64. The van der Waals surface area contributed by atoms with Gasteiger partial charge in [-0.3, -0.25) is 4.79 Å². The molecule has 0 unspecified atom stereocenters. The van der Waals surface area contributed by atoms with Gasteiger partial charge in [-0.1, -0.05) is 13.0 Å². The van der Waals surface area contributed by atoms with E-state index in [2.05, 4.69) is 11.9 Å².